The van der Waals surface area contributed by atoms with Crippen molar-refractivity contribution < 1.29 is 9.53 Å². The fourth-order valence-electron chi connectivity index (χ4n) is 3.38. The Hall–Kier alpha value is -1.43. The van der Waals surface area contributed by atoms with Gasteiger partial charge in [0.1, 0.15) is 0 Å². The molecule has 1 aliphatic carbocycles. The third kappa shape index (κ3) is 3.08. The molecular formula is C18H19ClN2O2S. The quantitative estimate of drug-likeness (QED) is 0.753. The highest BCUT2D eigenvalue weighted by molar-refractivity contribution is 7.17. The predicted octanol–water partition coefficient (Wildman–Crippen LogP) is 4.13. The number of benzene rings is 1. The van der Waals surface area contributed by atoms with Gasteiger partial charge in [0.2, 0.25) is 0 Å². The number of ketones is 1. The zero-order chi connectivity index (χ0) is 16.5. The second kappa shape index (κ2) is 6.82. The Morgan fingerprint density at radius 3 is 2.71 bits per heavy atom. The average molecular weight is 363 g/mol. The van der Waals surface area contributed by atoms with Crippen molar-refractivity contribution in [2.45, 2.75) is 25.2 Å². The van der Waals surface area contributed by atoms with Crippen molar-refractivity contribution in [1.29, 1.82) is 0 Å². The van der Waals surface area contributed by atoms with E-state index in [1.807, 2.05) is 12.1 Å². The number of anilines is 1. The fraction of sp³-hybridized carbons (Fsp3) is 0.444. The topological polar surface area (TPSA) is 42.4 Å². The molecule has 6 heteroatoms. The predicted molar refractivity (Wildman–Crippen MR) is 96.6 cm³/mol. The van der Waals surface area contributed by atoms with Gasteiger partial charge in [-0.25, -0.2) is 4.98 Å². The maximum Gasteiger partial charge on any atom is 0.186 e. The first-order valence-electron chi connectivity index (χ1n) is 8.34. The summed E-state index contributed by atoms with van der Waals surface area (Å²) in [6.07, 6.45) is 2.47. The normalized spacial score (nSPS) is 21.5. The van der Waals surface area contributed by atoms with Gasteiger partial charge in [0.25, 0.3) is 0 Å². The molecule has 0 amide bonds. The summed E-state index contributed by atoms with van der Waals surface area (Å²) in [6, 6.07) is 7.94. The third-order valence-corrected chi connectivity index (χ3v) is 6.10. The van der Waals surface area contributed by atoms with Gasteiger partial charge in [-0.05, 0) is 30.5 Å². The summed E-state index contributed by atoms with van der Waals surface area (Å²) >= 11 is 7.57. The van der Waals surface area contributed by atoms with E-state index in [2.05, 4.69) is 17.0 Å². The first-order valence-corrected chi connectivity index (χ1v) is 9.54. The van der Waals surface area contributed by atoms with Crippen LogP contribution in [0.25, 0.3) is 0 Å². The van der Waals surface area contributed by atoms with E-state index in [1.165, 1.54) is 5.56 Å². The molecule has 0 saturated carbocycles. The summed E-state index contributed by atoms with van der Waals surface area (Å²) < 4.78 is 5.42. The van der Waals surface area contributed by atoms with Gasteiger partial charge in [0.15, 0.2) is 10.9 Å². The minimum atomic E-state index is 0.176. The lowest BCUT2D eigenvalue weighted by Gasteiger charge is -2.26. The minimum absolute atomic E-state index is 0.176. The molecule has 2 aromatic rings. The molecule has 0 radical (unpaired) electrons. The second-order valence-corrected chi connectivity index (χ2v) is 7.64. The molecule has 0 spiro atoms. The van der Waals surface area contributed by atoms with Crippen molar-refractivity contribution in [3.63, 3.8) is 0 Å². The largest absolute Gasteiger partial charge is 0.378 e. The van der Waals surface area contributed by atoms with Crippen LogP contribution in [0.4, 0.5) is 5.13 Å². The van der Waals surface area contributed by atoms with Crippen molar-refractivity contribution in [3.8, 4) is 0 Å². The zero-order valence-electron chi connectivity index (χ0n) is 13.3. The molecule has 1 saturated heterocycles. The molecule has 0 N–H and O–H groups in total. The monoisotopic (exact) mass is 362 g/mol. The van der Waals surface area contributed by atoms with Crippen molar-refractivity contribution in [2.24, 2.45) is 0 Å². The van der Waals surface area contributed by atoms with E-state index in [9.17, 15) is 4.79 Å². The molecule has 1 fully saturated rings. The number of hydrogen-bond donors (Lipinski definition) is 0. The van der Waals surface area contributed by atoms with E-state index in [0.717, 1.165) is 59.9 Å². The molecule has 1 unspecified atom stereocenters. The van der Waals surface area contributed by atoms with E-state index >= 15 is 0 Å². The van der Waals surface area contributed by atoms with Gasteiger partial charge in [-0.3, -0.25) is 4.79 Å². The number of Topliss-reactive ketones (excluding diaryl/α,β-unsaturated/α-hetero) is 1. The molecule has 2 aliphatic rings. The van der Waals surface area contributed by atoms with E-state index in [4.69, 9.17) is 21.3 Å². The Kier molecular flexibility index (Phi) is 4.57. The third-order valence-electron chi connectivity index (χ3n) is 4.68. The van der Waals surface area contributed by atoms with Gasteiger partial charge in [-0.1, -0.05) is 35.1 Å². The first-order chi connectivity index (χ1) is 11.7. The molecule has 24 heavy (non-hydrogen) atoms. The highest BCUT2D eigenvalue weighted by atomic mass is 35.5. The Labute approximate surface area is 150 Å². The minimum Gasteiger partial charge on any atom is -0.378 e. The lowest BCUT2D eigenvalue weighted by atomic mass is 9.92. The van der Waals surface area contributed by atoms with Gasteiger partial charge in [-0.2, -0.15) is 0 Å². The van der Waals surface area contributed by atoms with Crippen LogP contribution in [0, 0.1) is 0 Å². The molecule has 0 bridgehead atoms. The summed E-state index contributed by atoms with van der Waals surface area (Å²) in [5.41, 5.74) is 2.14. The molecule has 126 valence electrons. The second-order valence-electron chi connectivity index (χ2n) is 6.23. The molecule has 1 aliphatic heterocycles. The maximum absolute atomic E-state index is 12.5. The summed E-state index contributed by atoms with van der Waals surface area (Å²) in [7, 11) is 0. The van der Waals surface area contributed by atoms with Crippen LogP contribution in [0.3, 0.4) is 0 Å². The Balaban J connectivity index is 1.73. The number of ether oxygens (including phenoxy) is 1. The number of hydrogen-bond acceptors (Lipinski definition) is 5. The number of fused-ring (bicyclic) bond motifs is 1. The molecule has 4 rings (SSSR count). The standard InChI is InChI=1S/C18H19ClN2O2S/c19-13-6-4-12(5-7-13)14-2-1-3-15(22)17-16(14)20-18(24-17)21-8-10-23-11-9-21/h4-7,14H,1-3,8-11H2. The van der Waals surface area contributed by atoms with E-state index in [-0.39, 0.29) is 11.7 Å². The van der Waals surface area contributed by atoms with Crippen LogP contribution >= 0.6 is 22.9 Å². The van der Waals surface area contributed by atoms with Crippen LogP contribution in [-0.4, -0.2) is 37.1 Å². The number of halogens is 1. The number of thiazole rings is 1. The number of rotatable bonds is 2. The van der Waals surface area contributed by atoms with Crippen molar-refractivity contribution in [2.75, 3.05) is 31.2 Å². The number of carbonyl (C=O) groups is 1. The number of nitrogens with zero attached hydrogens (tertiary/aromatic N) is 2. The number of morpholine rings is 1. The average Bonchev–Trinajstić information content (AvgIpc) is 2.99. The van der Waals surface area contributed by atoms with Crippen LogP contribution in [0.15, 0.2) is 24.3 Å². The molecular weight excluding hydrogens is 344 g/mol. The summed E-state index contributed by atoms with van der Waals surface area (Å²) in [5, 5.41) is 1.69. The highest BCUT2D eigenvalue weighted by Crippen LogP contribution is 2.40. The van der Waals surface area contributed by atoms with Crippen LogP contribution in [0.5, 0.6) is 0 Å². The molecule has 1 atom stereocenters. The van der Waals surface area contributed by atoms with Crippen molar-refractivity contribution in [3.05, 3.63) is 45.4 Å². The van der Waals surface area contributed by atoms with Crippen LogP contribution in [-0.2, 0) is 4.74 Å². The number of aromatic nitrogens is 1. The SMILES string of the molecule is O=C1CCCC(c2ccc(Cl)cc2)c2nc(N3CCOCC3)sc21. The smallest absolute Gasteiger partial charge is 0.186 e. The fourth-order valence-corrected chi connectivity index (χ4v) is 4.66. The van der Waals surface area contributed by atoms with E-state index in [0.29, 0.717) is 6.42 Å². The van der Waals surface area contributed by atoms with Gasteiger partial charge >= 0.3 is 0 Å². The maximum atomic E-state index is 12.5. The molecule has 1 aromatic carbocycles. The molecule has 2 heterocycles. The first kappa shape index (κ1) is 16.1. The van der Waals surface area contributed by atoms with E-state index in [1.54, 1.807) is 11.3 Å². The Morgan fingerprint density at radius 2 is 1.96 bits per heavy atom. The summed E-state index contributed by atoms with van der Waals surface area (Å²) in [4.78, 5) is 20.5. The summed E-state index contributed by atoms with van der Waals surface area (Å²) in [6.45, 7) is 3.12. The van der Waals surface area contributed by atoms with E-state index < -0.39 is 0 Å². The summed E-state index contributed by atoms with van der Waals surface area (Å²) in [5.74, 6) is 0.410. The zero-order valence-corrected chi connectivity index (χ0v) is 14.9. The van der Waals surface area contributed by atoms with Gasteiger partial charge in [0, 0.05) is 30.5 Å². The Bertz CT molecular complexity index is 738. The van der Waals surface area contributed by atoms with Gasteiger partial charge in [0.05, 0.1) is 23.8 Å². The lowest BCUT2D eigenvalue weighted by molar-refractivity contribution is 0.0985. The van der Waals surface area contributed by atoms with Crippen molar-refractivity contribution in [1.82, 2.24) is 4.98 Å². The molecule has 4 nitrogen and oxygen atoms in total. The van der Waals surface area contributed by atoms with Gasteiger partial charge in [-0.15, -0.1) is 0 Å². The van der Waals surface area contributed by atoms with Crippen LogP contribution in [0.1, 0.15) is 46.1 Å². The van der Waals surface area contributed by atoms with Gasteiger partial charge < -0.3 is 9.64 Å². The highest BCUT2D eigenvalue weighted by Gasteiger charge is 2.30. The van der Waals surface area contributed by atoms with Crippen LogP contribution < -0.4 is 4.90 Å². The molecule has 1 aromatic heterocycles. The Morgan fingerprint density at radius 1 is 1.21 bits per heavy atom. The van der Waals surface area contributed by atoms with Crippen LogP contribution in [0.2, 0.25) is 5.02 Å². The van der Waals surface area contributed by atoms with Crippen molar-refractivity contribution >= 4 is 33.9 Å². The lowest BCUT2D eigenvalue weighted by Crippen LogP contribution is -2.36. The number of carbonyl (C=O) groups excluding carboxylic acids is 1.